The number of carbonyl (C=O) groups excluding carboxylic acids is 2. The number of carboxylic acids is 1. The van der Waals surface area contributed by atoms with Crippen LogP contribution in [0.4, 0.5) is 5.69 Å². The van der Waals surface area contributed by atoms with E-state index in [0.717, 1.165) is 6.29 Å². The number of aliphatic carboxylic acids is 1. The number of aliphatic hydroxyl groups is 2. The minimum Gasteiger partial charge on any atom is -0.480 e. The molecule has 1 aromatic rings. The molecule has 11 atom stereocenters. The van der Waals surface area contributed by atoms with Crippen LogP contribution < -0.4 is 10.4 Å². The third-order valence-electron chi connectivity index (χ3n) is 9.90. The number of carboxylic acid groups (broad SMARTS) is 1. The van der Waals surface area contributed by atoms with Crippen molar-refractivity contribution < 1.29 is 39.3 Å². The van der Waals surface area contributed by atoms with Gasteiger partial charge in [0.2, 0.25) is 0 Å². The van der Waals surface area contributed by atoms with Gasteiger partial charge in [-0.05, 0) is 43.2 Å². The molecule has 11 heteroatoms. The Balaban J connectivity index is 1.79. The van der Waals surface area contributed by atoms with E-state index in [1.807, 2.05) is 19.9 Å². The molecule has 1 saturated carbocycles. The lowest BCUT2D eigenvalue weighted by molar-refractivity contribution is -0.227. The van der Waals surface area contributed by atoms with Crippen LogP contribution in [0.1, 0.15) is 46.1 Å². The highest BCUT2D eigenvalue weighted by Crippen LogP contribution is 2.61. The number of hydroxylamine groups is 1. The topological polar surface area (TPSA) is 146 Å². The number of esters is 1. The van der Waals surface area contributed by atoms with Gasteiger partial charge in [-0.3, -0.25) is 24.8 Å². The number of ether oxygens (including phenoxy) is 1. The molecule has 2 heterocycles. The number of hydrogen-bond donors (Lipinski definition) is 4. The summed E-state index contributed by atoms with van der Waals surface area (Å²) in [6.07, 6.45) is 1.76. The zero-order valence-corrected chi connectivity index (χ0v) is 24.0. The van der Waals surface area contributed by atoms with Crippen molar-refractivity contribution in [3.05, 3.63) is 40.4 Å². The summed E-state index contributed by atoms with van der Waals surface area (Å²) in [4.78, 5) is 43.2. The maximum absolute atomic E-state index is 12.9. The summed E-state index contributed by atoms with van der Waals surface area (Å²) < 4.78 is 5.85. The van der Waals surface area contributed by atoms with Gasteiger partial charge in [0.05, 0.1) is 16.3 Å². The minimum atomic E-state index is -1.99. The Morgan fingerprint density at radius 1 is 1.27 bits per heavy atom. The highest BCUT2D eigenvalue weighted by Gasteiger charge is 2.71. The van der Waals surface area contributed by atoms with Crippen LogP contribution in [0.3, 0.4) is 0 Å². The zero-order valence-electron chi connectivity index (χ0n) is 23.2. The van der Waals surface area contributed by atoms with Gasteiger partial charge in [0.25, 0.3) is 0 Å². The summed E-state index contributed by atoms with van der Waals surface area (Å²) in [6, 6.07) is 3.59. The molecule has 4 N–H and O–H groups in total. The first-order valence-corrected chi connectivity index (χ1v) is 14.1. The molecule has 1 aromatic carbocycles. The number of benzene rings is 1. The Bertz CT molecular complexity index is 1260. The number of halogens is 1. The molecule has 0 spiro atoms. The quantitative estimate of drug-likeness (QED) is 0.234. The van der Waals surface area contributed by atoms with E-state index in [0.29, 0.717) is 34.7 Å². The predicted molar refractivity (Wildman–Crippen MR) is 145 cm³/mol. The molecular formula is C29H37ClN2O8. The van der Waals surface area contributed by atoms with E-state index in [-0.39, 0.29) is 17.8 Å². The highest BCUT2D eigenvalue weighted by atomic mass is 35.5. The van der Waals surface area contributed by atoms with E-state index >= 15 is 0 Å². The molecule has 2 fully saturated rings. The van der Waals surface area contributed by atoms with Gasteiger partial charge in [-0.2, -0.15) is 0 Å². The molecule has 5 rings (SSSR count). The standard InChI is InChI=1S/C29H37ClN2O8/c1-13-11-19-17(14(2)12-33)10-9-15(3)28(19,37)22(25(13)39-16(4)34)21-23(26(35)36)31-27-29(21,38)18-7-6-8-20(30)24(18)32(5)40-27/h6-8,11-12,14-15,17,19,21-23,25,27,31,37-38H,9-10H2,1-5H3,(H,35,36)/t14?,15-,17+,19-,21+,22?,23+,25?,27-,28-,29+/m1/s1. The summed E-state index contributed by atoms with van der Waals surface area (Å²) in [7, 11) is 1.61. The summed E-state index contributed by atoms with van der Waals surface area (Å²) in [5.74, 6) is -5.68. The van der Waals surface area contributed by atoms with Crippen molar-refractivity contribution in [2.75, 3.05) is 12.1 Å². The van der Waals surface area contributed by atoms with E-state index in [4.69, 9.17) is 21.2 Å². The van der Waals surface area contributed by atoms with Crippen molar-refractivity contribution in [3.63, 3.8) is 0 Å². The normalized spacial score (nSPS) is 41.2. The summed E-state index contributed by atoms with van der Waals surface area (Å²) in [5.41, 5.74) is -2.27. The molecule has 0 radical (unpaired) electrons. The maximum atomic E-state index is 12.9. The van der Waals surface area contributed by atoms with Crippen molar-refractivity contribution in [2.45, 2.75) is 70.1 Å². The number of rotatable bonds is 5. The average Bonchev–Trinajstić information content (AvgIpc) is 3.18. The zero-order chi connectivity index (χ0) is 29.3. The van der Waals surface area contributed by atoms with E-state index in [1.165, 1.54) is 12.0 Å². The smallest absolute Gasteiger partial charge is 0.321 e. The number of nitrogens with one attached hydrogen (secondary N) is 1. The monoisotopic (exact) mass is 576 g/mol. The first-order valence-electron chi connectivity index (χ1n) is 13.7. The van der Waals surface area contributed by atoms with Crippen LogP contribution in [0.25, 0.3) is 0 Å². The molecule has 0 aromatic heterocycles. The molecule has 4 aliphatic rings. The van der Waals surface area contributed by atoms with Crippen LogP contribution in [0.15, 0.2) is 29.8 Å². The number of hydrogen-bond acceptors (Lipinski definition) is 9. The summed E-state index contributed by atoms with van der Waals surface area (Å²) >= 11 is 6.54. The second-order valence-corrected chi connectivity index (χ2v) is 12.4. The average molecular weight is 577 g/mol. The van der Waals surface area contributed by atoms with Crippen molar-refractivity contribution in [3.8, 4) is 0 Å². The second-order valence-electron chi connectivity index (χ2n) is 12.0. The number of aldehydes is 1. The Morgan fingerprint density at radius 2 is 1.98 bits per heavy atom. The highest BCUT2D eigenvalue weighted by molar-refractivity contribution is 6.33. The fourth-order valence-corrected chi connectivity index (χ4v) is 8.37. The lowest BCUT2D eigenvalue weighted by atomic mass is 9.49. The number of fused-ring (bicyclic) bond motifs is 4. The number of para-hydroxylation sites is 1. The Labute approximate surface area is 238 Å². The molecule has 0 amide bonds. The number of carbonyl (C=O) groups is 3. The van der Waals surface area contributed by atoms with Crippen LogP contribution in [0.5, 0.6) is 0 Å². The largest absolute Gasteiger partial charge is 0.480 e. The van der Waals surface area contributed by atoms with Gasteiger partial charge in [0.1, 0.15) is 24.0 Å². The molecule has 40 heavy (non-hydrogen) atoms. The number of anilines is 1. The van der Waals surface area contributed by atoms with Gasteiger partial charge >= 0.3 is 11.9 Å². The fraction of sp³-hybridized carbons (Fsp3) is 0.621. The maximum Gasteiger partial charge on any atom is 0.321 e. The van der Waals surface area contributed by atoms with Crippen molar-refractivity contribution >= 4 is 35.5 Å². The van der Waals surface area contributed by atoms with Crippen LogP contribution in [0.2, 0.25) is 5.02 Å². The summed E-state index contributed by atoms with van der Waals surface area (Å²) in [6.45, 7) is 6.73. The van der Waals surface area contributed by atoms with E-state index in [9.17, 15) is 29.7 Å². The van der Waals surface area contributed by atoms with Gasteiger partial charge in [-0.25, -0.2) is 0 Å². The predicted octanol–water partition coefficient (Wildman–Crippen LogP) is 2.64. The first kappa shape index (κ1) is 29.0. The second kappa shape index (κ2) is 10.1. The number of nitrogens with zero attached hydrogens (tertiary/aromatic N) is 1. The SMILES string of the molecule is CC(=O)OC1C(C)=C[C@@H]2[C@H](C(C)C=O)CC[C@@H](C)[C@]2(O)C1[C@H]1[C@@H](C(=O)O)N[C@@H]2ON(C)c3c(Cl)cccc3[C@@]21O. The third-order valence-corrected chi connectivity index (χ3v) is 10.2. The van der Waals surface area contributed by atoms with Crippen molar-refractivity contribution in [2.24, 2.45) is 35.5 Å². The van der Waals surface area contributed by atoms with E-state index in [2.05, 4.69) is 5.32 Å². The van der Waals surface area contributed by atoms with E-state index in [1.54, 1.807) is 32.2 Å². The van der Waals surface area contributed by atoms with Gasteiger partial charge in [0, 0.05) is 43.2 Å². The van der Waals surface area contributed by atoms with Gasteiger partial charge in [-0.1, -0.05) is 43.7 Å². The first-order chi connectivity index (χ1) is 18.8. The van der Waals surface area contributed by atoms with Crippen LogP contribution >= 0.6 is 11.6 Å². The third kappa shape index (κ3) is 4.02. The van der Waals surface area contributed by atoms with E-state index < -0.39 is 59.3 Å². The lowest BCUT2D eigenvalue weighted by Crippen LogP contribution is -2.67. The Hall–Kier alpha value is -2.50. The molecule has 0 bridgehead atoms. The van der Waals surface area contributed by atoms with Gasteiger partial charge in [-0.15, -0.1) is 0 Å². The molecule has 3 unspecified atom stereocenters. The van der Waals surface area contributed by atoms with Crippen LogP contribution in [-0.2, 0) is 29.6 Å². The Morgan fingerprint density at radius 3 is 2.60 bits per heavy atom. The van der Waals surface area contributed by atoms with Crippen molar-refractivity contribution in [1.29, 1.82) is 0 Å². The molecule has 10 nitrogen and oxygen atoms in total. The minimum absolute atomic E-state index is 0.229. The van der Waals surface area contributed by atoms with Crippen molar-refractivity contribution in [1.82, 2.24) is 5.32 Å². The summed E-state index contributed by atoms with van der Waals surface area (Å²) in [5, 5.41) is 40.7. The Kier molecular flexibility index (Phi) is 7.32. The lowest BCUT2D eigenvalue weighted by Gasteiger charge is -2.59. The molecule has 2 aliphatic heterocycles. The van der Waals surface area contributed by atoms with Crippen LogP contribution in [-0.4, -0.2) is 64.6 Å². The fourth-order valence-electron chi connectivity index (χ4n) is 8.08. The van der Waals surface area contributed by atoms with Crippen LogP contribution in [0, 0.1) is 35.5 Å². The molecule has 1 saturated heterocycles. The molecular weight excluding hydrogens is 540 g/mol. The van der Waals surface area contributed by atoms with Gasteiger partial charge in [0.15, 0.2) is 6.23 Å². The molecule has 2 aliphatic carbocycles. The molecule has 218 valence electrons. The van der Waals surface area contributed by atoms with Gasteiger partial charge < -0.3 is 24.9 Å².